The number of imidazole rings is 1. The topological polar surface area (TPSA) is 109 Å². The van der Waals surface area contributed by atoms with Crippen LogP contribution in [-0.2, 0) is 7.05 Å². The fourth-order valence-electron chi connectivity index (χ4n) is 3.86. The zero-order chi connectivity index (χ0) is 22.4. The summed E-state index contributed by atoms with van der Waals surface area (Å²) in [6.07, 6.45) is 9.18. The number of hydrogen-bond acceptors (Lipinski definition) is 5. The number of aromatic nitrogens is 7. The molecule has 32 heavy (non-hydrogen) atoms. The number of fused-ring (bicyclic) bond motifs is 1. The van der Waals surface area contributed by atoms with Gasteiger partial charge in [0.15, 0.2) is 5.65 Å². The first-order chi connectivity index (χ1) is 15.4. The SMILES string of the molecule is CC(C)c1nn(-c2ccccc2C(N)=O)c2nccc(-n3cnc(-c4cnn(C)c4)c3)c12. The van der Waals surface area contributed by atoms with E-state index in [1.54, 1.807) is 40.2 Å². The molecule has 2 N–H and O–H groups in total. The monoisotopic (exact) mass is 426 g/mol. The van der Waals surface area contributed by atoms with Gasteiger partial charge >= 0.3 is 0 Å². The third kappa shape index (κ3) is 3.15. The van der Waals surface area contributed by atoms with Gasteiger partial charge in [0.25, 0.3) is 5.91 Å². The molecular weight excluding hydrogens is 404 g/mol. The van der Waals surface area contributed by atoms with Crippen molar-refractivity contribution in [2.45, 2.75) is 19.8 Å². The van der Waals surface area contributed by atoms with Crippen LogP contribution in [0.1, 0.15) is 35.8 Å². The summed E-state index contributed by atoms with van der Waals surface area (Å²) < 4.78 is 5.41. The van der Waals surface area contributed by atoms with Gasteiger partial charge in [-0.15, -0.1) is 0 Å². The van der Waals surface area contributed by atoms with Gasteiger partial charge in [-0.3, -0.25) is 9.48 Å². The molecule has 5 rings (SSSR count). The van der Waals surface area contributed by atoms with E-state index in [1.807, 2.05) is 42.2 Å². The smallest absolute Gasteiger partial charge is 0.250 e. The van der Waals surface area contributed by atoms with E-state index in [2.05, 4.69) is 28.9 Å². The normalized spacial score (nSPS) is 11.5. The lowest BCUT2D eigenvalue weighted by molar-refractivity contribution is 0.1000. The summed E-state index contributed by atoms with van der Waals surface area (Å²) in [7, 11) is 1.88. The first kappa shape index (κ1) is 19.7. The predicted octanol–water partition coefficient (Wildman–Crippen LogP) is 3.23. The largest absolute Gasteiger partial charge is 0.366 e. The Balaban J connectivity index is 1.74. The van der Waals surface area contributed by atoms with Crippen LogP contribution in [0.25, 0.3) is 33.7 Å². The Labute approximate surface area is 184 Å². The van der Waals surface area contributed by atoms with Crippen LogP contribution in [0.5, 0.6) is 0 Å². The van der Waals surface area contributed by atoms with Gasteiger partial charge in [-0.25, -0.2) is 14.6 Å². The van der Waals surface area contributed by atoms with Crippen molar-refractivity contribution >= 4 is 16.9 Å². The molecule has 5 aromatic rings. The first-order valence-corrected chi connectivity index (χ1v) is 10.2. The van der Waals surface area contributed by atoms with E-state index < -0.39 is 5.91 Å². The van der Waals surface area contributed by atoms with E-state index in [0.29, 0.717) is 16.9 Å². The summed E-state index contributed by atoms with van der Waals surface area (Å²) in [4.78, 5) is 21.2. The van der Waals surface area contributed by atoms with Crippen LogP contribution in [0.3, 0.4) is 0 Å². The summed E-state index contributed by atoms with van der Waals surface area (Å²) in [5.41, 5.74) is 10.8. The maximum atomic E-state index is 12.0. The molecular formula is C23H22N8O. The Morgan fingerprint density at radius 3 is 2.59 bits per heavy atom. The highest BCUT2D eigenvalue weighted by Gasteiger charge is 2.22. The van der Waals surface area contributed by atoms with Gasteiger partial charge < -0.3 is 10.3 Å². The highest BCUT2D eigenvalue weighted by molar-refractivity contribution is 5.97. The summed E-state index contributed by atoms with van der Waals surface area (Å²) in [5, 5.41) is 9.98. The van der Waals surface area contributed by atoms with Gasteiger partial charge in [0.2, 0.25) is 0 Å². The molecule has 0 atom stereocenters. The molecule has 0 aliphatic carbocycles. The van der Waals surface area contributed by atoms with Crippen LogP contribution in [0, 0.1) is 0 Å². The molecule has 0 radical (unpaired) electrons. The van der Waals surface area contributed by atoms with Gasteiger partial charge in [0.1, 0.15) is 0 Å². The lowest BCUT2D eigenvalue weighted by atomic mass is 10.1. The summed E-state index contributed by atoms with van der Waals surface area (Å²) in [5.74, 6) is -0.383. The van der Waals surface area contributed by atoms with E-state index in [1.165, 1.54) is 0 Å². The molecule has 160 valence electrons. The standard InChI is InChI=1S/C23H22N8O/c1-14(2)21-20-19(30-12-17(26-13-30)15-10-27-29(3)11-15)8-9-25-23(20)31(28-21)18-7-5-4-6-16(18)22(24)32/h4-14H,1-3H3,(H2,24,32). The number of para-hydroxylation sites is 1. The Bertz CT molecular complexity index is 1460. The number of carbonyl (C=O) groups is 1. The molecule has 9 nitrogen and oxygen atoms in total. The van der Waals surface area contributed by atoms with Crippen LogP contribution < -0.4 is 5.73 Å². The molecule has 0 aliphatic rings. The minimum Gasteiger partial charge on any atom is -0.366 e. The van der Waals surface area contributed by atoms with E-state index in [-0.39, 0.29) is 5.92 Å². The number of carbonyl (C=O) groups excluding carboxylic acids is 1. The molecule has 0 bridgehead atoms. The second kappa shape index (κ2) is 7.45. The van der Waals surface area contributed by atoms with E-state index in [4.69, 9.17) is 10.8 Å². The zero-order valence-electron chi connectivity index (χ0n) is 18.0. The number of nitrogens with two attached hydrogens (primary N) is 1. The van der Waals surface area contributed by atoms with E-state index >= 15 is 0 Å². The maximum absolute atomic E-state index is 12.0. The quantitative estimate of drug-likeness (QED) is 0.464. The summed E-state index contributed by atoms with van der Waals surface area (Å²) >= 11 is 0. The number of primary amides is 1. The average Bonchev–Trinajstić information content (AvgIpc) is 3.51. The fourth-order valence-corrected chi connectivity index (χ4v) is 3.86. The lowest BCUT2D eigenvalue weighted by Crippen LogP contribution is -2.15. The summed E-state index contributed by atoms with van der Waals surface area (Å²) in [6.45, 7) is 4.16. The van der Waals surface area contributed by atoms with Crippen LogP contribution in [-0.4, -0.2) is 40.0 Å². The maximum Gasteiger partial charge on any atom is 0.250 e. The summed E-state index contributed by atoms with van der Waals surface area (Å²) in [6, 6.07) is 9.09. The minimum atomic E-state index is -0.512. The molecule has 0 aliphatic heterocycles. The Morgan fingerprint density at radius 2 is 1.88 bits per heavy atom. The number of aryl methyl sites for hydroxylation is 1. The number of benzene rings is 1. The van der Waals surface area contributed by atoms with Crippen LogP contribution in [0.4, 0.5) is 0 Å². The van der Waals surface area contributed by atoms with E-state index in [0.717, 1.165) is 28.0 Å². The molecule has 1 aromatic carbocycles. The van der Waals surface area contributed by atoms with Crippen molar-refractivity contribution in [2.24, 2.45) is 12.8 Å². The van der Waals surface area contributed by atoms with Crippen LogP contribution >= 0.6 is 0 Å². The van der Waals surface area contributed by atoms with Crippen LogP contribution in [0.2, 0.25) is 0 Å². The number of amides is 1. The number of pyridine rings is 1. The highest BCUT2D eigenvalue weighted by Crippen LogP contribution is 2.32. The molecule has 0 spiro atoms. The Kier molecular flexibility index (Phi) is 4.58. The van der Waals surface area contributed by atoms with Gasteiger partial charge in [0.05, 0.1) is 46.2 Å². The van der Waals surface area contributed by atoms with Gasteiger partial charge in [-0.2, -0.15) is 10.2 Å². The molecule has 4 heterocycles. The van der Waals surface area contributed by atoms with Crippen molar-refractivity contribution in [1.82, 2.24) is 34.1 Å². The number of rotatable bonds is 5. The molecule has 9 heteroatoms. The van der Waals surface area contributed by atoms with Gasteiger partial charge in [-0.1, -0.05) is 26.0 Å². The zero-order valence-corrected chi connectivity index (χ0v) is 18.0. The first-order valence-electron chi connectivity index (χ1n) is 10.2. The van der Waals surface area contributed by atoms with Gasteiger partial charge in [-0.05, 0) is 24.1 Å². The average molecular weight is 426 g/mol. The number of nitrogens with zero attached hydrogens (tertiary/aromatic N) is 7. The third-order valence-electron chi connectivity index (χ3n) is 5.38. The van der Waals surface area contributed by atoms with Crippen molar-refractivity contribution in [2.75, 3.05) is 0 Å². The third-order valence-corrected chi connectivity index (χ3v) is 5.38. The molecule has 0 saturated carbocycles. The lowest BCUT2D eigenvalue weighted by Gasteiger charge is -2.08. The van der Waals surface area contributed by atoms with Crippen molar-refractivity contribution in [3.63, 3.8) is 0 Å². The van der Waals surface area contributed by atoms with Crippen LogP contribution in [0.15, 0.2) is 61.4 Å². The van der Waals surface area contributed by atoms with Gasteiger partial charge in [0, 0.05) is 31.2 Å². The highest BCUT2D eigenvalue weighted by atomic mass is 16.1. The minimum absolute atomic E-state index is 0.128. The molecule has 0 fully saturated rings. The molecule has 0 saturated heterocycles. The van der Waals surface area contributed by atoms with Crippen molar-refractivity contribution < 1.29 is 4.79 Å². The van der Waals surface area contributed by atoms with Crippen molar-refractivity contribution in [3.05, 3.63) is 72.7 Å². The second-order valence-corrected chi connectivity index (χ2v) is 7.93. The predicted molar refractivity (Wildman–Crippen MR) is 121 cm³/mol. The number of hydrogen-bond donors (Lipinski definition) is 1. The Morgan fingerprint density at radius 1 is 1.06 bits per heavy atom. The fraction of sp³-hybridized carbons (Fsp3) is 0.174. The van der Waals surface area contributed by atoms with Crippen molar-refractivity contribution in [3.8, 4) is 22.6 Å². The molecule has 0 unspecified atom stereocenters. The van der Waals surface area contributed by atoms with E-state index in [9.17, 15) is 4.79 Å². The second-order valence-electron chi connectivity index (χ2n) is 7.93. The van der Waals surface area contributed by atoms with Crippen molar-refractivity contribution in [1.29, 1.82) is 0 Å². The Hall–Kier alpha value is -4.27. The molecule has 1 amide bonds. The molecule has 4 aromatic heterocycles.